The van der Waals surface area contributed by atoms with E-state index < -0.39 is 0 Å². The van der Waals surface area contributed by atoms with Crippen molar-refractivity contribution >= 4 is 28.9 Å². The lowest BCUT2D eigenvalue weighted by molar-refractivity contribution is 0.102. The van der Waals surface area contributed by atoms with Gasteiger partial charge in [0, 0.05) is 27.7 Å². The molecule has 0 radical (unpaired) electrons. The second kappa shape index (κ2) is 6.03. The molecule has 0 aliphatic carbocycles. The number of thioether (sulfide) groups is 1. The zero-order valence-electron chi connectivity index (χ0n) is 10.3. The maximum atomic E-state index is 12.0. The average molecular weight is 270 g/mol. The number of aryl methyl sites for hydroxylation is 2. The van der Waals surface area contributed by atoms with Crippen molar-refractivity contribution in [2.75, 3.05) is 18.1 Å². The van der Waals surface area contributed by atoms with Crippen molar-refractivity contribution in [3.63, 3.8) is 0 Å². The third-order valence-corrected chi connectivity index (χ3v) is 4.94. The topological polar surface area (TPSA) is 26.3 Å². The van der Waals surface area contributed by atoms with Gasteiger partial charge in [0.2, 0.25) is 0 Å². The highest BCUT2D eigenvalue weighted by Crippen LogP contribution is 2.23. The van der Waals surface area contributed by atoms with E-state index in [0.717, 1.165) is 29.2 Å². The molecule has 1 aromatic heterocycles. The monoisotopic (exact) mass is 270 g/mol. The number of ketones is 1. The van der Waals surface area contributed by atoms with Crippen molar-refractivity contribution in [3.05, 3.63) is 21.4 Å². The molecule has 0 N–H and O–H groups in total. The molecule has 94 valence electrons. The number of thiophene rings is 1. The lowest BCUT2D eigenvalue weighted by Crippen LogP contribution is -2.11. The van der Waals surface area contributed by atoms with Gasteiger partial charge in [-0.3, -0.25) is 4.79 Å². The van der Waals surface area contributed by atoms with Crippen molar-refractivity contribution in [2.45, 2.75) is 32.8 Å². The molecule has 1 aliphatic rings. The molecule has 0 bridgehead atoms. The van der Waals surface area contributed by atoms with Gasteiger partial charge in [-0.15, -0.1) is 11.3 Å². The molecule has 1 atom stereocenters. The Morgan fingerprint density at radius 2 is 2.41 bits per heavy atom. The largest absolute Gasteiger partial charge is 0.377 e. The second-order valence-corrected chi connectivity index (χ2v) is 6.89. The Morgan fingerprint density at radius 3 is 3.00 bits per heavy atom. The van der Waals surface area contributed by atoms with Gasteiger partial charge in [0.25, 0.3) is 0 Å². The van der Waals surface area contributed by atoms with Crippen molar-refractivity contribution in [1.82, 2.24) is 0 Å². The predicted molar refractivity (Wildman–Crippen MR) is 74.4 cm³/mol. The third kappa shape index (κ3) is 3.57. The summed E-state index contributed by atoms with van der Waals surface area (Å²) in [5.74, 6) is 1.79. The highest BCUT2D eigenvalue weighted by molar-refractivity contribution is 8.00. The van der Waals surface area contributed by atoms with E-state index in [1.54, 1.807) is 23.1 Å². The summed E-state index contributed by atoms with van der Waals surface area (Å²) < 4.78 is 5.54. The molecule has 1 saturated heterocycles. The highest BCUT2D eigenvalue weighted by atomic mass is 32.2. The molecule has 4 heteroatoms. The lowest BCUT2D eigenvalue weighted by Gasteiger charge is -2.07. The number of rotatable bonds is 5. The fourth-order valence-electron chi connectivity index (χ4n) is 2.04. The van der Waals surface area contributed by atoms with E-state index in [1.807, 2.05) is 19.9 Å². The minimum Gasteiger partial charge on any atom is -0.377 e. The van der Waals surface area contributed by atoms with Gasteiger partial charge >= 0.3 is 0 Å². The third-order valence-electron chi connectivity index (χ3n) is 2.90. The van der Waals surface area contributed by atoms with Crippen LogP contribution in [0.2, 0.25) is 0 Å². The molecular weight excluding hydrogens is 252 g/mol. The van der Waals surface area contributed by atoms with Crippen LogP contribution in [0.1, 0.15) is 33.0 Å². The summed E-state index contributed by atoms with van der Waals surface area (Å²) in [7, 11) is 0. The summed E-state index contributed by atoms with van der Waals surface area (Å²) in [4.78, 5) is 14.4. The van der Waals surface area contributed by atoms with Crippen LogP contribution in [0.25, 0.3) is 0 Å². The molecule has 1 unspecified atom stereocenters. The molecule has 0 saturated carbocycles. The van der Waals surface area contributed by atoms with E-state index in [0.29, 0.717) is 11.9 Å². The van der Waals surface area contributed by atoms with Crippen molar-refractivity contribution in [1.29, 1.82) is 0 Å². The van der Waals surface area contributed by atoms with Crippen LogP contribution < -0.4 is 0 Å². The summed E-state index contributed by atoms with van der Waals surface area (Å²) in [5.41, 5.74) is 0.910. The van der Waals surface area contributed by atoms with Crippen molar-refractivity contribution < 1.29 is 9.53 Å². The fourth-order valence-corrected chi connectivity index (χ4v) is 3.97. The Kier molecular flexibility index (Phi) is 4.65. The second-order valence-electron chi connectivity index (χ2n) is 4.40. The fraction of sp³-hybridized carbons (Fsp3) is 0.615. The van der Waals surface area contributed by atoms with Crippen molar-refractivity contribution in [3.8, 4) is 0 Å². The minimum absolute atomic E-state index is 0.259. The van der Waals surface area contributed by atoms with E-state index in [1.165, 1.54) is 11.3 Å². The molecule has 1 aromatic rings. The number of hydrogen-bond acceptors (Lipinski definition) is 4. The van der Waals surface area contributed by atoms with E-state index in [4.69, 9.17) is 4.74 Å². The van der Waals surface area contributed by atoms with E-state index in [2.05, 4.69) is 0 Å². The first-order valence-corrected chi connectivity index (χ1v) is 7.93. The maximum Gasteiger partial charge on any atom is 0.173 e. The van der Waals surface area contributed by atoms with Gasteiger partial charge in [0.05, 0.1) is 11.9 Å². The maximum absolute atomic E-state index is 12.0. The highest BCUT2D eigenvalue weighted by Gasteiger charge is 2.17. The quantitative estimate of drug-likeness (QED) is 0.766. The number of hydrogen-bond donors (Lipinski definition) is 0. The molecule has 0 amide bonds. The predicted octanol–water partition coefficient (Wildman–Crippen LogP) is 3.46. The van der Waals surface area contributed by atoms with Crippen LogP contribution in [0.15, 0.2) is 6.07 Å². The summed E-state index contributed by atoms with van der Waals surface area (Å²) in [6.45, 7) is 4.96. The summed E-state index contributed by atoms with van der Waals surface area (Å²) in [6.07, 6.45) is 2.69. The van der Waals surface area contributed by atoms with Gasteiger partial charge in [0.1, 0.15) is 0 Å². The van der Waals surface area contributed by atoms with Crippen molar-refractivity contribution in [2.24, 2.45) is 0 Å². The zero-order chi connectivity index (χ0) is 12.3. The van der Waals surface area contributed by atoms with Crippen LogP contribution in [-0.2, 0) is 4.74 Å². The summed E-state index contributed by atoms with van der Waals surface area (Å²) in [6, 6.07) is 2.01. The minimum atomic E-state index is 0.259. The average Bonchev–Trinajstić information content (AvgIpc) is 2.88. The molecule has 1 aliphatic heterocycles. The summed E-state index contributed by atoms with van der Waals surface area (Å²) in [5, 5.41) is 0. The number of carbonyl (C=O) groups excluding carboxylic acids is 1. The van der Waals surface area contributed by atoms with Gasteiger partial charge in [0.15, 0.2) is 5.78 Å². The first-order chi connectivity index (χ1) is 8.16. The smallest absolute Gasteiger partial charge is 0.173 e. The molecular formula is C13H18O2S2. The van der Waals surface area contributed by atoms with Crippen LogP contribution in [0.3, 0.4) is 0 Å². The molecule has 2 rings (SSSR count). The Balaban J connectivity index is 1.78. The Labute approximate surface area is 111 Å². The number of ether oxygens (including phenoxy) is 1. The number of Topliss-reactive ketones (excluding diaryl/α,β-unsaturated/α-hetero) is 1. The van der Waals surface area contributed by atoms with Gasteiger partial charge in [-0.05, 0) is 32.8 Å². The van der Waals surface area contributed by atoms with Crippen LogP contribution in [-0.4, -0.2) is 30.0 Å². The first kappa shape index (κ1) is 13.1. The van der Waals surface area contributed by atoms with Crippen LogP contribution in [0, 0.1) is 13.8 Å². The van der Waals surface area contributed by atoms with Gasteiger partial charge in [-0.1, -0.05) is 0 Å². The zero-order valence-corrected chi connectivity index (χ0v) is 12.0. The van der Waals surface area contributed by atoms with Crippen LogP contribution >= 0.6 is 23.1 Å². The Morgan fingerprint density at radius 1 is 1.59 bits per heavy atom. The molecule has 17 heavy (non-hydrogen) atoms. The summed E-state index contributed by atoms with van der Waals surface area (Å²) >= 11 is 3.40. The van der Waals surface area contributed by atoms with E-state index >= 15 is 0 Å². The number of carbonyl (C=O) groups is 1. The molecule has 2 heterocycles. The van der Waals surface area contributed by atoms with Gasteiger partial charge in [-0.2, -0.15) is 11.8 Å². The van der Waals surface area contributed by atoms with Crippen LogP contribution in [0.5, 0.6) is 0 Å². The Bertz CT molecular complexity index is 392. The Hall–Kier alpha value is -0.320. The molecule has 1 fully saturated rings. The van der Waals surface area contributed by atoms with E-state index in [9.17, 15) is 4.79 Å². The molecule has 0 spiro atoms. The molecule has 0 aromatic carbocycles. The first-order valence-electron chi connectivity index (χ1n) is 5.96. The van der Waals surface area contributed by atoms with Crippen LogP contribution in [0.4, 0.5) is 0 Å². The van der Waals surface area contributed by atoms with E-state index in [-0.39, 0.29) is 5.78 Å². The SMILES string of the molecule is Cc1cc(C(=O)CSCC2CCCO2)c(C)s1. The normalized spacial score (nSPS) is 19.8. The van der Waals surface area contributed by atoms with Gasteiger partial charge in [-0.25, -0.2) is 0 Å². The lowest BCUT2D eigenvalue weighted by atomic mass is 10.2. The van der Waals surface area contributed by atoms with Gasteiger partial charge < -0.3 is 4.74 Å². The molecule has 2 nitrogen and oxygen atoms in total. The standard InChI is InChI=1S/C13H18O2S2/c1-9-6-12(10(2)17-9)13(14)8-16-7-11-4-3-5-15-11/h6,11H,3-5,7-8H2,1-2H3.